The van der Waals surface area contributed by atoms with Crippen LogP contribution in [-0.4, -0.2) is 64.5 Å². The molecule has 3 aromatic rings. The third kappa shape index (κ3) is 3.97. The van der Waals surface area contributed by atoms with Crippen molar-refractivity contribution in [2.75, 3.05) is 37.6 Å². The number of piperazine rings is 1. The van der Waals surface area contributed by atoms with Crippen LogP contribution in [0.5, 0.6) is 0 Å². The first-order chi connectivity index (χ1) is 16.0. The summed E-state index contributed by atoms with van der Waals surface area (Å²) in [5, 5.41) is 7.29. The van der Waals surface area contributed by atoms with Gasteiger partial charge in [-0.15, -0.1) is 0 Å². The highest BCUT2D eigenvalue weighted by Gasteiger charge is 2.32. The Morgan fingerprint density at radius 1 is 0.909 bits per heavy atom. The molecule has 0 radical (unpaired) electrons. The number of aryl methyl sites for hydroxylation is 1. The predicted molar refractivity (Wildman–Crippen MR) is 123 cm³/mol. The van der Waals surface area contributed by atoms with Crippen molar-refractivity contribution in [3.05, 3.63) is 82.4 Å². The second-order valence-electron chi connectivity index (χ2n) is 8.55. The number of nitrogens with one attached hydrogen (secondary N) is 1. The number of nitrogens with zero attached hydrogens (tertiary/aromatic N) is 4. The number of aromatic amines is 1. The van der Waals surface area contributed by atoms with E-state index in [0.717, 1.165) is 24.3 Å². The second-order valence-corrected chi connectivity index (χ2v) is 8.55. The predicted octanol–water partition coefficient (Wildman–Crippen LogP) is 3.02. The zero-order chi connectivity index (χ0) is 22.9. The fraction of sp³-hybridized carbons (Fsp3) is 0.320. The molecule has 7 nitrogen and oxygen atoms in total. The molecule has 0 unspecified atom stereocenters. The van der Waals surface area contributed by atoms with Gasteiger partial charge in [-0.25, -0.2) is 4.39 Å². The quantitative estimate of drug-likeness (QED) is 0.670. The van der Waals surface area contributed by atoms with Gasteiger partial charge in [0.1, 0.15) is 5.82 Å². The number of aromatic nitrogens is 2. The van der Waals surface area contributed by atoms with Crippen molar-refractivity contribution < 1.29 is 14.0 Å². The largest absolute Gasteiger partial charge is 0.368 e. The van der Waals surface area contributed by atoms with Gasteiger partial charge in [0.05, 0.1) is 12.1 Å². The molecule has 2 aromatic carbocycles. The Bertz CT molecular complexity index is 1200. The van der Waals surface area contributed by atoms with Gasteiger partial charge < -0.3 is 14.7 Å². The molecule has 1 saturated heterocycles. The fourth-order valence-electron chi connectivity index (χ4n) is 4.67. The highest BCUT2D eigenvalue weighted by molar-refractivity contribution is 5.96. The van der Waals surface area contributed by atoms with Gasteiger partial charge in [-0.1, -0.05) is 30.3 Å². The van der Waals surface area contributed by atoms with Gasteiger partial charge in [-0.2, -0.15) is 5.10 Å². The van der Waals surface area contributed by atoms with Crippen LogP contribution in [0.15, 0.2) is 48.5 Å². The van der Waals surface area contributed by atoms with Crippen molar-refractivity contribution in [1.82, 2.24) is 20.0 Å². The van der Waals surface area contributed by atoms with Crippen molar-refractivity contribution in [1.29, 1.82) is 0 Å². The third-order valence-electron chi connectivity index (χ3n) is 6.55. The zero-order valence-electron chi connectivity index (χ0n) is 18.6. The molecule has 170 valence electrons. The molecule has 8 heteroatoms. The third-order valence-corrected chi connectivity index (χ3v) is 6.55. The number of rotatable bonds is 3. The summed E-state index contributed by atoms with van der Waals surface area (Å²) in [6.45, 7) is 5.49. The summed E-state index contributed by atoms with van der Waals surface area (Å²) in [5.74, 6) is -1.04. The van der Waals surface area contributed by atoms with Crippen LogP contribution in [0, 0.1) is 12.7 Å². The van der Waals surface area contributed by atoms with Crippen LogP contribution in [0.1, 0.15) is 37.7 Å². The van der Waals surface area contributed by atoms with E-state index in [2.05, 4.69) is 34.2 Å². The lowest BCUT2D eigenvalue weighted by molar-refractivity contribution is 0.0706. The van der Waals surface area contributed by atoms with Crippen molar-refractivity contribution in [2.45, 2.75) is 19.9 Å². The summed E-state index contributed by atoms with van der Waals surface area (Å²) in [5.41, 5.74) is 4.43. The van der Waals surface area contributed by atoms with Crippen LogP contribution in [0.25, 0.3) is 0 Å². The minimum Gasteiger partial charge on any atom is -0.368 e. The maximum atomic E-state index is 14.1. The zero-order valence-corrected chi connectivity index (χ0v) is 18.6. The molecule has 0 saturated carbocycles. The minimum absolute atomic E-state index is 0.0460. The van der Waals surface area contributed by atoms with Gasteiger partial charge >= 0.3 is 0 Å². The molecule has 5 rings (SSSR count). The van der Waals surface area contributed by atoms with Gasteiger partial charge in [0.2, 0.25) is 0 Å². The number of carbonyl (C=O) groups excluding carboxylic acids is 2. The summed E-state index contributed by atoms with van der Waals surface area (Å²) in [7, 11) is 0. The summed E-state index contributed by atoms with van der Waals surface area (Å²) in [4.78, 5) is 31.9. The van der Waals surface area contributed by atoms with Gasteiger partial charge in [-0.3, -0.25) is 14.7 Å². The second kappa shape index (κ2) is 8.69. The SMILES string of the molecule is Cc1ccccc1N1CCN(C(=O)c2n[nH]c3c2CN(C(=O)c2ccccc2F)CC3)CC1. The number of hydrogen-bond donors (Lipinski definition) is 1. The molecule has 1 aromatic heterocycles. The molecule has 3 heterocycles. The van der Waals surface area contributed by atoms with E-state index < -0.39 is 5.82 Å². The smallest absolute Gasteiger partial charge is 0.274 e. The maximum Gasteiger partial charge on any atom is 0.274 e. The molecule has 2 amide bonds. The molecular formula is C25H26FN5O2. The van der Waals surface area contributed by atoms with Crippen molar-refractivity contribution >= 4 is 17.5 Å². The number of H-pyrrole nitrogens is 1. The average molecular weight is 448 g/mol. The number of fused-ring (bicyclic) bond motifs is 1. The highest BCUT2D eigenvalue weighted by Crippen LogP contribution is 2.25. The van der Waals surface area contributed by atoms with E-state index in [1.54, 1.807) is 17.0 Å². The number of halogens is 1. The first-order valence-electron chi connectivity index (χ1n) is 11.2. The standard InChI is InChI=1S/C25H26FN5O2/c1-17-6-2-5-9-22(17)29-12-14-30(15-13-29)25(33)23-19-16-31(11-10-21(19)27-28-23)24(32)18-7-3-4-8-20(18)26/h2-9H,10-16H2,1H3,(H,27,28). The maximum absolute atomic E-state index is 14.1. The van der Waals surface area contributed by atoms with Crippen LogP contribution >= 0.6 is 0 Å². The Labute approximate surface area is 191 Å². The molecule has 0 bridgehead atoms. The number of amides is 2. The summed E-state index contributed by atoms with van der Waals surface area (Å²) in [6.07, 6.45) is 0.552. The first kappa shape index (κ1) is 21.2. The number of carbonyl (C=O) groups is 2. The highest BCUT2D eigenvalue weighted by atomic mass is 19.1. The topological polar surface area (TPSA) is 72.5 Å². The summed E-state index contributed by atoms with van der Waals surface area (Å²) < 4.78 is 14.1. The van der Waals surface area contributed by atoms with Gasteiger partial charge in [0.25, 0.3) is 11.8 Å². The van der Waals surface area contributed by atoms with Crippen molar-refractivity contribution in [3.63, 3.8) is 0 Å². The van der Waals surface area contributed by atoms with Gasteiger partial charge in [0.15, 0.2) is 5.69 Å². The van der Waals surface area contributed by atoms with E-state index >= 15 is 0 Å². The first-order valence-corrected chi connectivity index (χ1v) is 11.2. The van der Waals surface area contributed by atoms with Crippen LogP contribution < -0.4 is 4.90 Å². The van der Waals surface area contributed by atoms with Crippen LogP contribution in [0.3, 0.4) is 0 Å². The van der Waals surface area contributed by atoms with Gasteiger partial charge in [0, 0.05) is 56.1 Å². The molecule has 2 aliphatic heterocycles. The van der Waals surface area contributed by atoms with Crippen molar-refractivity contribution in [3.8, 4) is 0 Å². The molecular weight excluding hydrogens is 421 g/mol. The lowest BCUT2D eigenvalue weighted by Gasteiger charge is -2.36. The monoisotopic (exact) mass is 447 g/mol. The Hall–Kier alpha value is -3.68. The molecule has 2 aliphatic rings. The normalized spacial score (nSPS) is 16.0. The average Bonchev–Trinajstić information content (AvgIpc) is 3.27. The molecule has 33 heavy (non-hydrogen) atoms. The Morgan fingerprint density at radius 2 is 1.64 bits per heavy atom. The summed E-state index contributed by atoms with van der Waals surface area (Å²) >= 11 is 0. The summed E-state index contributed by atoms with van der Waals surface area (Å²) in [6, 6.07) is 14.2. The Morgan fingerprint density at radius 3 is 2.39 bits per heavy atom. The van der Waals surface area contributed by atoms with Gasteiger partial charge in [-0.05, 0) is 30.7 Å². The minimum atomic E-state index is -0.539. The number of anilines is 1. The van der Waals surface area contributed by atoms with E-state index in [9.17, 15) is 14.0 Å². The lowest BCUT2D eigenvalue weighted by atomic mass is 10.0. The van der Waals surface area contributed by atoms with Crippen LogP contribution in [0.4, 0.5) is 10.1 Å². The van der Waals surface area contributed by atoms with Crippen LogP contribution in [-0.2, 0) is 13.0 Å². The Kier molecular flexibility index (Phi) is 5.58. The molecule has 1 fully saturated rings. The van der Waals surface area contributed by atoms with Crippen LogP contribution in [0.2, 0.25) is 0 Å². The fourth-order valence-corrected chi connectivity index (χ4v) is 4.67. The Balaban J connectivity index is 1.29. The van der Waals surface area contributed by atoms with E-state index in [-0.39, 0.29) is 23.9 Å². The molecule has 1 N–H and O–H groups in total. The van der Waals surface area contributed by atoms with E-state index in [1.165, 1.54) is 23.4 Å². The lowest BCUT2D eigenvalue weighted by Crippen LogP contribution is -2.49. The molecule has 0 atom stereocenters. The number of benzene rings is 2. The van der Waals surface area contributed by atoms with E-state index in [4.69, 9.17) is 0 Å². The van der Waals surface area contributed by atoms with Crippen molar-refractivity contribution in [2.24, 2.45) is 0 Å². The number of hydrogen-bond acceptors (Lipinski definition) is 4. The van der Waals surface area contributed by atoms with E-state index in [1.807, 2.05) is 17.0 Å². The molecule has 0 spiro atoms. The van der Waals surface area contributed by atoms with E-state index in [0.29, 0.717) is 31.7 Å². The number of para-hydroxylation sites is 1. The molecule has 0 aliphatic carbocycles.